The van der Waals surface area contributed by atoms with Gasteiger partial charge in [-0.1, -0.05) is 6.07 Å². The number of hydrogen-bond donors (Lipinski definition) is 1. The van der Waals surface area contributed by atoms with Crippen LogP contribution in [0, 0.1) is 0 Å². The highest BCUT2D eigenvalue weighted by Crippen LogP contribution is 2.38. The summed E-state index contributed by atoms with van der Waals surface area (Å²) in [5.41, 5.74) is 6.96. The van der Waals surface area contributed by atoms with Gasteiger partial charge in [-0.15, -0.1) is 0 Å². The van der Waals surface area contributed by atoms with Crippen LogP contribution in [0.2, 0.25) is 0 Å². The molecule has 2 atom stereocenters. The molecule has 0 aromatic carbocycles. The average Bonchev–Trinajstić information content (AvgIpc) is 2.69. The molecule has 1 aliphatic rings. The van der Waals surface area contributed by atoms with Gasteiger partial charge in [-0.05, 0) is 18.1 Å². The Labute approximate surface area is 60.1 Å². The molecule has 1 heterocycles. The third-order valence-corrected chi connectivity index (χ3v) is 1.95. The summed E-state index contributed by atoms with van der Waals surface area (Å²) in [5.74, 6) is 0.591. The highest BCUT2D eigenvalue weighted by molar-refractivity contribution is 5.23. The highest BCUT2D eigenvalue weighted by Gasteiger charge is 2.34. The summed E-state index contributed by atoms with van der Waals surface area (Å²) >= 11 is 0. The number of hydrogen-bond acceptors (Lipinski definition) is 2. The van der Waals surface area contributed by atoms with Crippen LogP contribution in [0.3, 0.4) is 0 Å². The Bertz CT molecular complexity index is 220. The predicted molar refractivity (Wildman–Crippen MR) is 39.6 cm³/mol. The SMILES string of the molecule is N[C@H]1CC1c1cccnc1. The van der Waals surface area contributed by atoms with Crippen molar-refractivity contribution in [3.8, 4) is 0 Å². The van der Waals surface area contributed by atoms with Crippen LogP contribution in [0.4, 0.5) is 0 Å². The van der Waals surface area contributed by atoms with Crippen LogP contribution in [-0.4, -0.2) is 11.0 Å². The molecule has 0 radical (unpaired) electrons. The van der Waals surface area contributed by atoms with Gasteiger partial charge in [0, 0.05) is 24.4 Å². The van der Waals surface area contributed by atoms with E-state index in [4.69, 9.17) is 5.73 Å². The van der Waals surface area contributed by atoms with Crippen molar-refractivity contribution in [2.24, 2.45) is 5.73 Å². The first-order valence-electron chi connectivity index (χ1n) is 3.53. The molecule has 2 heteroatoms. The molecule has 2 rings (SSSR count). The van der Waals surface area contributed by atoms with E-state index in [1.807, 2.05) is 12.3 Å². The van der Waals surface area contributed by atoms with Crippen LogP contribution < -0.4 is 5.73 Å². The maximum absolute atomic E-state index is 5.67. The average molecular weight is 134 g/mol. The lowest BCUT2D eigenvalue weighted by Gasteiger charge is -1.93. The third-order valence-electron chi connectivity index (χ3n) is 1.95. The maximum atomic E-state index is 5.67. The molecule has 1 aromatic rings. The Balaban J connectivity index is 2.20. The van der Waals surface area contributed by atoms with Gasteiger partial charge in [-0.25, -0.2) is 0 Å². The molecule has 0 aliphatic heterocycles. The Hall–Kier alpha value is -0.890. The van der Waals surface area contributed by atoms with E-state index in [0.717, 1.165) is 6.42 Å². The monoisotopic (exact) mass is 134 g/mol. The molecule has 2 N–H and O–H groups in total. The zero-order chi connectivity index (χ0) is 6.97. The van der Waals surface area contributed by atoms with Gasteiger partial charge in [0.2, 0.25) is 0 Å². The van der Waals surface area contributed by atoms with Crippen molar-refractivity contribution >= 4 is 0 Å². The zero-order valence-electron chi connectivity index (χ0n) is 5.70. The van der Waals surface area contributed by atoms with Crippen molar-refractivity contribution in [2.75, 3.05) is 0 Å². The standard InChI is InChI=1S/C8H10N2/c9-8-4-7(8)6-2-1-3-10-5-6/h1-3,5,7-8H,4,9H2/t7?,8-/m0/s1. The Kier molecular flexibility index (Phi) is 1.21. The van der Waals surface area contributed by atoms with Gasteiger partial charge in [0.15, 0.2) is 0 Å². The van der Waals surface area contributed by atoms with E-state index < -0.39 is 0 Å². The molecule has 0 spiro atoms. The third kappa shape index (κ3) is 0.907. The van der Waals surface area contributed by atoms with Crippen molar-refractivity contribution in [2.45, 2.75) is 18.4 Å². The molecule has 52 valence electrons. The quantitative estimate of drug-likeness (QED) is 0.619. The summed E-state index contributed by atoms with van der Waals surface area (Å²) in [7, 11) is 0. The Morgan fingerprint density at radius 3 is 2.90 bits per heavy atom. The lowest BCUT2D eigenvalue weighted by molar-refractivity contribution is 0.981. The van der Waals surface area contributed by atoms with Gasteiger partial charge in [0.25, 0.3) is 0 Å². The van der Waals surface area contributed by atoms with E-state index in [0.29, 0.717) is 12.0 Å². The maximum Gasteiger partial charge on any atom is 0.0303 e. The van der Waals surface area contributed by atoms with Gasteiger partial charge in [0.1, 0.15) is 0 Å². The van der Waals surface area contributed by atoms with E-state index in [-0.39, 0.29) is 0 Å². The van der Waals surface area contributed by atoms with E-state index in [9.17, 15) is 0 Å². The predicted octanol–water partition coefficient (Wildman–Crippen LogP) is 0.896. The molecule has 0 saturated heterocycles. The fourth-order valence-corrected chi connectivity index (χ4v) is 1.19. The number of nitrogens with zero attached hydrogens (tertiary/aromatic N) is 1. The molecule has 2 nitrogen and oxygen atoms in total. The summed E-state index contributed by atoms with van der Waals surface area (Å²) in [4.78, 5) is 4.02. The Morgan fingerprint density at radius 1 is 1.60 bits per heavy atom. The van der Waals surface area contributed by atoms with E-state index in [2.05, 4.69) is 11.1 Å². The lowest BCUT2D eigenvalue weighted by atomic mass is 10.2. The van der Waals surface area contributed by atoms with Crippen molar-refractivity contribution in [3.63, 3.8) is 0 Å². The van der Waals surface area contributed by atoms with E-state index in [1.165, 1.54) is 5.56 Å². The van der Waals surface area contributed by atoms with Crippen LogP contribution >= 0.6 is 0 Å². The molecule has 10 heavy (non-hydrogen) atoms. The fourth-order valence-electron chi connectivity index (χ4n) is 1.19. The molecule has 1 fully saturated rings. The molecule has 1 aliphatic carbocycles. The van der Waals surface area contributed by atoms with Gasteiger partial charge >= 0.3 is 0 Å². The van der Waals surface area contributed by atoms with Crippen LogP contribution in [0.1, 0.15) is 17.9 Å². The van der Waals surface area contributed by atoms with Crippen molar-refractivity contribution < 1.29 is 0 Å². The second-order valence-electron chi connectivity index (χ2n) is 2.79. The van der Waals surface area contributed by atoms with Crippen LogP contribution in [0.5, 0.6) is 0 Å². The number of pyridine rings is 1. The summed E-state index contributed by atoms with van der Waals surface area (Å²) < 4.78 is 0. The second-order valence-corrected chi connectivity index (χ2v) is 2.79. The first-order chi connectivity index (χ1) is 4.88. The highest BCUT2D eigenvalue weighted by atomic mass is 14.7. The zero-order valence-corrected chi connectivity index (χ0v) is 5.70. The van der Waals surface area contributed by atoms with Crippen LogP contribution in [0.25, 0.3) is 0 Å². The van der Waals surface area contributed by atoms with Crippen molar-refractivity contribution in [3.05, 3.63) is 30.1 Å². The molecule has 0 amide bonds. The van der Waals surface area contributed by atoms with Gasteiger partial charge in [-0.2, -0.15) is 0 Å². The second kappa shape index (κ2) is 2.06. The topological polar surface area (TPSA) is 38.9 Å². The first-order valence-corrected chi connectivity index (χ1v) is 3.53. The first kappa shape index (κ1) is 5.86. The summed E-state index contributed by atoms with van der Waals surface area (Å²) in [6.45, 7) is 0. The van der Waals surface area contributed by atoms with E-state index >= 15 is 0 Å². The molecular formula is C8H10N2. The Morgan fingerprint density at radius 2 is 2.40 bits per heavy atom. The van der Waals surface area contributed by atoms with Crippen LogP contribution in [-0.2, 0) is 0 Å². The minimum atomic E-state index is 0.393. The van der Waals surface area contributed by atoms with Crippen LogP contribution in [0.15, 0.2) is 24.5 Å². The largest absolute Gasteiger partial charge is 0.327 e. The van der Waals surface area contributed by atoms with Crippen molar-refractivity contribution in [1.29, 1.82) is 0 Å². The van der Waals surface area contributed by atoms with Crippen molar-refractivity contribution in [1.82, 2.24) is 4.98 Å². The summed E-state index contributed by atoms with van der Waals surface area (Å²) in [6, 6.07) is 4.44. The van der Waals surface area contributed by atoms with Gasteiger partial charge in [-0.3, -0.25) is 4.98 Å². The molecule has 1 aromatic heterocycles. The number of aromatic nitrogens is 1. The van der Waals surface area contributed by atoms with E-state index in [1.54, 1.807) is 6.20 Å². The fraction of sp³-hybridized carbons (Fsp3) is 0.375. The number of rotatable bonds is 1. The normalized spacial score (nSPS) is 30.1. The molecule has 1 saturated carbocycles. The molecule has 0 bridgehead atoms. The molecule has 1 unspecified atom stereocenters. The number of nitrogens with two attached hydrogens (primary N) is 1. The molecular weight excluding hydrogens is 124 g/mol. The minimum Gasteiger partial charge on any atom is -0.327 e. The summed E-state index contributed by atoms with van der Waals surface area (Å²) in [6.07, 6.45) is 4.82. The summed E-state index contributed by atoms with van der Waals surface area (Å²) in [5, 5.41) is 0. The smallest absolute Gasteiger partial charge is 0.0303 e. The van der Waals surface area contributed by atoms with Gasteiger partial charge in [0.05, 0.1) is 0 Å². The lowest BCUT2D eigenvalue weighted by Crippen LogP contribution is -2.00. The minimum absolute atomic E-state index is 0.393. The van der Waals surface area contributed by atoms with Gasteiger partial charge < -0.3 is 5.73 Å².